The average Bonchev–Trinajstić information content (AvgIpc) is 2.86. The first-order chi connectivity index (χ1) is 9.45. The van der Waals surface area contributed by atoms with Gasteiger partial charge in [-0.15, -0.1) is 0 Å². The zero-order chi connectivity index (χ0) is 14.9. The Bertz CT molecular complexity index is 637. The zero-order valence-electron chi connectivity index (χ0n) is 12.4. The smallest absolute Gasteiger partial charge is 0.310 e. The van der Waals surface area contributed by atoms with Crippen molar-refractivity contribution in [2.24, 2.45) is 5.92 Å². The van der Waals surface area contributed by atoms with Gasteiger partial charge in [-0.2, -0.15) is 14.6 Å². The number of esters is 1. The van der Waals surface area contributed by atoms with Gasteiger partial charge in [0.1, 0.15) is 12.1 Å². The standard InChI is InChI=1S/C13H19N5O2/c1-8(12(19)20-5)6-17(4)11-9(2)10(3)16-13-14-7-15-18(11)13/h7-8H,6H2,1-5H3/t8-/m0/s1. The Hall–Kier alpha value is -2.18. The van der Waals surface area contributed by atoms with Gasteiger partial charge in [0.15, 0.2) is 0 Å². The largest absolute Gasteiger partial charge is 0.469 e. The van der Waals surface area contributed by atoms with Crippen molar-refractivity contribution in [1.29, 1.82) is 0 Å². The Morgan fingerprint density at radius 1 is 1.50 bits per heavy atom. The Morgan fingerprint density at radius 3 is 2.85 bits per heavy atom. The summed E-state index contributed by atoms with van der Waals surface area (Å²) in [4.78, 5) is 22.0. The third-order valence-electron chi connectivity index (χ3n) is 3.39. The normalized spacial score (nSPS) is 12.4. The van der Waals surface area contributed by atoms with Crippen molar-refractivity contribution in [2.45, 2.75) is 20.8 Å². The van der Waals surface area contributed by atoms with E-state index >= 15 is 0 Å². The highest BCUT2D eigenvalue weighted by Crippen LogP contribution is 2.22. The van der Waals surface area contributed by atoms with Crippen LogP contribution in [0.4, 0.5) is 5.82 Å². The van der Waals surface area contributed by atoms with E-state index < -0.39 is 0 Å². The summed E-state index contributed by atoms with van der Waals surface area (Å²) < 4.78 is 6.45. The van der Waals surface area contributed by atoms with Gasteiger partial charge in [0.05, 0.1) is 13.0 Å². The van der Waals surface area contributed by atoms with Gasteiger partial charge < -0.3 is 9.64 Å². The molecular weight excluding hydrogens is 258 g/mol. The SMILES string of the molecule is COC(=O)[C@@H](C)CN(C)c1c(C)c(C)nc2ncnn12. The van der Waals surface area contributed by atoms with Crippen molar-refractivity contribution in [3.63, 3.8) is 0 Å². The number of methoxy groups -OCH3 is 1. The second kappa shape index (κ2) is 5.44. The van der Waals surface area contributed by atoms with Crippen LogP contribution in [0.5, 0.6) is 0 Å². The van der Waals surface area contributed by atoms with E-state index in [9.17, 15) is 4.79 Å². The van der Waals surface area contributed by atoms with Gasteiger partial charge in [0, 0.05) is 24.8 Å². The molecule has 0 saturated heterocycles. The molecule has 7 heteroatoms. The molecule has 1 atom stereocenters. The fraction of sp³-hybridized carbons (Fsp3) is 0.538. The number of fused-ring (bicyclic) bond motifs is 1. The van der Waals surface area contributed by atoms with Crippen molar-refractivity contribution in [1.82, 2.24) is 19.6 Å². The molecule has 2 heterocycles. The zero-order valence-corrected chi connectivity index (χ0v) is 12.4. The third-order valence-corrected chi connectivity index (χ3v) is 3.39. The minimum atomic E-state index is -0.227. The van der Waals surface area contributed by atoms with Crippen LogP contribution in [0.1, 0.15) is 18.2 Å². The van der Waals surface area contributed by atoms with Crippen LogP contribution < -0.4 is 4.90 Å². The van der Waals surface area contributed by atoms with Gasteiger partial charge in [0.25, 0.3) is 5.78 Å². The van der Waals surface area contributed by atoms with Gasteiger partial charge in [-0.05, 0) is 13.8 Å². The summed E-state index contributed by atoms with van der Waals surface area (Å²) in [5, 5.41) is 4.20. The molecule has 7 nitrogen and oxygen atoms in total. The van der Waals surface area contributed by atoms with Crippen molar-refractivity contribution < 1.29 is 9.53 Å². The van der Waals surface area contributed by atoms with Gasteiger partial charge in [0.2, 0.25) is 0 Å². The monoisotopic (exact) mass is 277 g/mol. The van der Waals surface area contributed by atoms with Crippen LogP contribution in [0.2, 0.25) is 0 Å². The summed E-state index contributed by atoms with van der Waals surface area (Å²) in [6, 6.07) is 0. The number of aromatic nitrogens is 4. The number of ether oxygens (including phenoxy) is 1. The first kappa shape index (κ1) is 14.2. The van der Waals surface area contributed by atoms with Crippen LogP contribution in [-0.4, -0.2) is 46.3 Å². The molecule has 0 fully saturated rings. The van der Waals surface area contributed by atoms with E-state index in [1.807, 2.05) is 32.7 Å². The molecule has 0 aliphatic rings. The fourth-order valence-electron chi connectivity index (χ4n) is 2.24. The van der Waals surface area contributed by atoms with Crippen LogP contribution in [0.25, 0.3) is 5.78 Å². The highest BCUT2D eigenvalue weighted by molar-refractivity contribution is 5.72. The minimum absolute atomic E-state index is 0.226. The molecule has 0 bridgehead atoms. The van der Waals surface area contributed by atoms with Crippen molar-refractivity contribution in [2.75, 3.05) is 25.6 Å². The molecule has 2 aromatic heterocycles. The van der Waals surface area contributed by atoms with Crippen LogP contribution in [0.15, 0.2) is 6.33 Å². The lowest BCUT2D eigenvalue weighted by Gasteiger charge is -2.24. The van der Waals surface area contributed by atoms with E-state index in [0.717, 1.165) is 17.1 Å². The number of aryl methyl sites for hydroxylation is 1. The number of hydrogen-bond acceptors (Lipinski definition) is 6. The summed E-state index contributed by atoms with van der Waals surface area (Å²) in [6.07, 6.45) is 1.47. The Labute approximate surface area is 117 Å². The van der Waals surface area contributed by atoms with E-state index in [1.165, 1.54) is 13.4 Å². The van der Waals surface area contributed by atoms with Crippen molar-refractivity contribution in [3.05, 3.63) is 17.6 Å². The molecule has 0 N–H and O–H groups in total. The number of carbonyl (C=O) groups excluding carboxylic acids is 1. The van der Waals surface area contributed by atoms with Crippen LogP contribution in [0, 0.1) is 19.8 Å². The lowest BCUT2D eigenvalue weighted by atomic mass is 10.1. The topological polar surface area (TPSA) is 72.6 Å². The molecule has 2 aromatic rings. The summed E-state index contributed by atoms with van der Waals surface area (Å²) in [7, 11) is 3.32. The Kier molecular flexibility index (Phi) is 3.87. The number of nitrogens with zero attached hydrogens (tertiary/aromatic N) is 5. The summed E-state index contributed by atoms with van der Waals surface area (Å²) in [6.45, 7) is 6.29. The van der Waals surface area contributed by atoms with Gasteiger partial charge in [-0.1, -0.05) is 6.92 Å². The van der Waals surface area contributed by atoms with Crippen molar-refractivity contribution >= 4 is 17.6 Å². The highest BCUT2D eigenvalue weighted by Gasteiger charge is 2.20. The fourth-order valence-corrected chi connectivity index (χ4v) is 2.24. The molecular formula is C13H19N5O2. The molecule has 0 aromatic carbocycles. The first-order valence-corrected chi connectivity index (χ1v) is 6.41. The molecule has 20 heavy (non-hydrogen) atoms. The molecule has 0 unspecified atom stereocenters. The number of rotatable bonds is 4. The second-order valence-corrected chi connectivity index (χ2v) is 4.92. The first-order valence-electron chi connectivity index (χ1n) is 6.41. The van der Waals surface area contributed by atoms with Gasteiger partial charge >= 0.3 is 5.97 Å². The maximum Gasteiger partial charge on any atom is 0.310 e. The lowest BCUT2D eigenvalue weighted by Crippen LogP contribution is -2.31. The maximum absolute atomic E-state index is 11.5. The van der Waals surface area contributed by atoms with Gasteiger partial charge in [-0.3, -0.25) is 4.79 Å². The van der Waals surface area contributed by atoms with Crippen molar-refractivity contribution in [3.8, 4) is 0 Å². The molecule has 0 aliphatic heterocycles. The molecule has 2 rings (SSSR count). The second-order valence-electron chi connectivity index (χ2n) is 4.92. The lowest BCUT2D eigenvalue weighted by molar-refractivity contribution is -0.144. The Morgan fingerprint density at radius 2 is 2.20 bits per heavy atom. The molecule has 0 saturated carbocycles. The van der Waals surface area contributed by atoms with E-state index in [-0.39, 0.29) is 11.9 Å². The summed E-state index contributed by atoms with van der Waals surface area (Å²) in [5.74, 6) is 0.994. The van der Waals surface area contributed by atoms with E-state index in [1.54, 1.807) is 4.52 Å². The Balaban J connectivity index is 2.38. The van der Waals surface area contributed by atoms with Gasteiger partial charge in [-0.25, -0.2) is 4.98 Å². The molecule has 108 valence electrons. The quantitative estimate of drug-likeness (QED) is 0.776. The molecule has 0 radical (unpaired) electrons. The number of carbonyl (C=O) groups is 1. The summed E-state index contributed by atoms with van der Waals surface area (Å²) in [5.41, 5.74) is 1.92. The summed E-state index contributed by atoms with van der Waals surface area (Å²) >= 11 is 0. The van der Waals surface area contributed by atoms with E-state index in [0.29, 0.717) is 12.3 Å². The molecule has 0 amide bonds. The van der Waals surface area contributed by atoms with Crippen LogP contribution in [0.3, 0.4) is 0 Å². The van der Waals surface area contributed by atoms with Crippen LogP contribution in [-0.2, 0) is 9.53 Å². The molecule has 0 aliphatic carbocycles. The minimum Gasteiger partial charge on any atom is -0.469 e. The predicted octanol–water partition coefficient (Wildman–Crippen LogP) is 0.986. The van der Waals surface area contributed by atoms with Crippen LogP contribution >= 0.6 is 0 Å². The predicted molar refractivity (Wildman–Crippen MR) is 74.7 cm³/mol. The molecule has 0 spiro atoms. The highest BCUT2D eigenvalue weighted by atomic mass is 16.5. The van der Waals surface area contributed by atoms with E-state index in [2.05, 4.69) is 15.1 Å². The average molecular weight is 277 g/mol. The number of anilines is 1. The van der Waals surface area contributed by atoms with E-state index in [4.69, 9.17) is 4.74 Å². The number of hydrogen-bond donors (Lipinski definition) is 0. The third kappa shape index (κ3) is 2.43. The maximum atomic E-state index is 11.5.